The van der Waals surface area contributed by atoms with Gasteiger partial charge in [-0.15, -0.1) is 0 Å². The molecule has 1 aliphatic rings. The van der Waals surface area contributed by atoms with E-state index in [1.165, 1.54) is 0 Å². The summed E-state index contributed by atoms with van der Waals surface area (Å²) < 4.78 is 23.1. The van der Waals surface area contributed by atoms with Crippen LogP contribution in [0.25, 0.3) is 0 Å². The quantitative estimate of drug-likeness (QED) is 0.790. The normalized spacial score (nSPS) is 30.6. The third kappa shape index (κ3) is 4.21. The Labute approximate surface area is 112 Å². The second-order valence-electron chi connectivity index (χ2n) is 5.32. The second-order valence-corrected chi connectivity index (χ2v) is 7.80. The summed E-state index contributed by atoms with van der Waals surface area (Å²) in [6.07, 6.45) is 1.12. The van der Waals surface area contributed by atoms with Crippen LogP contribution < -0.4 is 5.32 Å². The summed E-state index contributed by atoms with van der Waals surface area (Å²) in [4.78, 5) is 2.33. The SMILES string of the molecule is CCNC1CCN(CCS(=O)(=O)CC)C(C)C1C. The molecule has 4 nitrogen and oxygen atoms in total. The number of sulfone groups is 1. The van der Waals surface area contributed by atoms with Crippen LogP contribution in [-0.2, 0) is 9.84 Å². The molecule has 1 fully saturated rings. The molecule has 0 aromatic rings. The minimum atomic E-state index is -2.84. The molecular weight excluding hydrogens is 248 g/mol. The van der Waals surface area contributed by atoms with Crippen molar-refractivity contribution in [3.8, 4) is 0 Å². The fourth-order valence-corrected chi connectivity index (χ4v) is 3.51. The lowest BCUT2D eigenvalue weighted by molar-refractivity contribution is 0.0915. The van der Waals surface area contributed by atoms with Crippen LogP contribution in [0.2, 0.25) is 0 Å². The first kappa shape index (κ1) is 15.9. The monoisotopic (exact) mass is 276 g/mol. The number of likely N-dealkylation sites (tertiary alicyclic amines) is 1. The van der Waals surface area contributed by atoms with Crippen LogP contribution >= 0.6 is 0 Å². The molecule has 3 atom stereocenters. The topological polar surface area (TPSA) is 49.4 Å². The van der Waals surface area contributed by atoms with Crippen LogP contribution in [0.15, 0.2) is 0 Å². The Morgan fingerprint density at radius 3 is 2.50 bits per heavy atom. The number of piperidine rings is 1. The smallest absolute Gasteiger partial charge is 0.151 e. The van der Waals surface area contributed by atoms with Crippen molar-refractivity contribution in [3.63, 3.8) is 0 Å². The van der Waals surface area contributed by atoms with E-state index < -0.39 is 9.84 Å². The summed E-state index contributed by atoms with van der Waals surface area (Å²) in [5.74, 6) is 1.13. The lowest BCUT2D eigenvalue weighted by Gasteiger charge is -2.43. The van der Waals surface area contributed by atoms with Crippen LogP contribution in [0.1, 0.15) is 34.1 Å². The second kappa shape index (κ2) is 6.87. The van der Waals surface area contributed by atoms with Crippen molar-refractivity contribution in [1.82, 2.24) is 10.2 Å². The fourth-order valence-electron chi connectivity index (χ4n) is 2.71. The molecule has 0 bridgehead atoms. The van der Waals surface area contributed by atoms with Gasteiger partial charge in [0.05, 0.1) is 5.75 Å². The van der Waals surface area contributed by atoms with Crippen LogP contribution in [-0.4, -0.2) is 56.5 Å². The molecule has 0 amide bonds. The van der Waals surface area contributed by atoms with Gasteiger partial charge in [0.15, 0.2) is 9.84 Å². The van der Waals surface area contributed by atoms with Crippen molar-refractivity contribution in [2.24, 2.45) is 5.92 Å². The van der Waals surface area contributed by atoms with Gasteiger partial charge in [0.2, 0.25) is 0 Å². The minimum absolute atomic E-state index is 0.255. The molecule has 1 rings (SSSR count). The first-order valence-electron chi connectivity index (χ1n) is 7.09. The molecule has 5 heteroatoms. The highest BCUT2D eigenvalue weighted by Gasteiger charge is 2.31. The van der Waals surface area contributed by atoms with E-state index in [1.807, 2.05) is 0 Å². The van der Waals surface area contributed by atoms with Crippen molar-refractivity contribution in [3.05, 3.63) is 0 Å². The molecule has 0 spiro atoms. The largest absolute Gasteiger partial charge is 0.314 e. The van der Waals surface area contributed by atoms with Gasteiger partial charge >= 0.3 is 0 Å². The Hall–Kier alpha value is -0.130. The zero-order valence-corrected chi connectivity index (χ0v) is 13.0. The molecule has 1 N–H and O–H groups in total. The van der Waals surface area contributed by atoms with Crippen LogP contribution in [0.4, 0.5) is 0 Å². The van der Waals surface area contributed by atoms with Crippen molar-refractivity contribution in [2.75, 3.05) is 31.1 Å². The van der Waals surface area contributed by atoms with Gasteiger partial charge in [-0.1, -0.05) is 20.8 Å². The van der Waals surface area contributed by atoms with Crippen molar-refractivity contribution in [2.45, 2.75) is 46.2 Å². The summed E-state index contributed by atoms with van der Waals surface area (Å²) in [5, 5.41) is 3.52. The van der Waals surface area contributed by atoms with E-state index in [4.69, 9.17) is 0 Å². The Morgan fingerprint density at radius 2 is 1.94 bits per heavy atom. The van der Waals surface area contributed by atoms with E-state index in [1.54, 1.807) is 6.92 Å². The van der Waals surface area contributed by atoms with Gasteiger partial charge in [-0.05, 0) is 32.4 Å². The maximum atomic E-state index is 11.6. The third-order valence-electron chi connectivity index (χ3n) is 4.29. The molecule has 108 valence electrons. The minimum Gasteiger partial charge on any atom is -0.314 e. The average Bonchev–Trinajstić information content (AvgIpc) is 2.34. The van der Waals surface area contributed by atoms with Gasteiger partial charge in [0.25, 0.3) is 0 Å². The number of nitrogens with zero attached hydrogens (tertiary/aromatic N) is 1. The highest BCUT2D eigenvalue weighted by molar-refractivity contribution is 7.91. The molecule has 3 unspecified atom stereocenters. The molecule has 0 saturated carbocycles. The van der Waals surface area contributed by atoms with Crippen LogP contribution in [0.5, 0.6) is 0 Å². The van der Waals surface area contributed by atoms with Gasteiger partial charge in [0.1, 0.15) is 0 Å². The zero-order valence-electron chi connectivity index (χ0n) is 12.1. The Bertz CT molecular complexity index is 343. The maximum Gasteiger partial charge on any atom is 0.151 e. The van der Waals surface area contributed by atoms with Gasteiger partial charge in [-0.3, -0.25) is 4.90 Å². The van der Waals surface area contributed by atoms with E-state index in [0.29, 0.717) is 30.3 Å². The molecule has 0 aliphatic carbocycles. The van der Waals surface area contributed by atoms with E-state index in [0.717, 1.165) is 19.5 Å². The Morgan fingerprint density at radius 1 is 1.28 bits per heavy atom. The molecule has 1 aliphatic heterocycles. The summed E-state index contributed by atoms with van der Waals surface area (Å²) in [5.41, 5.74) is 0. The highest BCUT2D eigenvalue weighted by Crippen LogP contribution is 2.23. The maximum absolute atomic E-state index is 11.6. The number of hydrogen-bond acceptors (Lipinski definition) is 4. The molecule has 18 heavy (non-hydrogen) atoms. The molecule has 0 aromatic carbocycles. The van der Waals surface area contributed by atoms with Crippen molar-refractivity contribution < 1.29 is 8.42 Å². The van der Waals surface area contributed by atoms with Crippen LogP contribution in [0, 0.1) is 5.92 Å². The highest BCUT2D eigenvalue weighted by atomic mass is 32.2. The first-order valence-corrected chi connectivity index (χ1v) is 8.91. The summed E-state index contributed by atoms with van der Waals surface area (Å²) >= 11 is 0. The predicted molar refractivity (Wildman–Crippen MR) is 76.6 cm³/mol. The Balaban J connectivity index is 2.50. The lowest BCUT2D eigenvalue weighted by Crippen LogP contribution is -2.54. The standard InChI is InChI=1S/C13H28N2O2S/c1-5-14-13-7-8-15(12(4)11(13)3)9-10-18(16,17)6-2/h11-14H,5-10H2,1-4H3. The van der Waals surface area contributed by atoms with E-state index in [2.05, 4.69) is 31.0 Å². The third-order valence-corrected chi connectivity index (χ3v) is 5.98. The Kier molecular flexibility index (Phi) is 6.08. The molecule has 1 heterocycles. The lowest BCUT2D eigenvalue weighted by atomic mass is 9.87. The molecule has 0 radical (unpaired) electrons. The van der Waals surface area contributed by atoms with Gasteiger partial charge in [-0.2, -0.15) is 0 Å². The van der Waals surface area contributed by atoms with Gasteiger partial charge < -0.3 is 5.32 Å². The number of rotatable bonds is 6. The van der Waals surface area contributed by atoms with E-state index in [9.17, 15) is 8.42 Å². The van der Waals surface area contributed by atoms with Crippen molar-refractivity contribution in [1.29, 1.82) is 0 Å². The number of nitrogens with one attached hydrogen (secondary N) is 1. The zero-order chi connectivity index (χ0) is 13.8. The molecular formula is C13H28N2O2S. The van der Waals surface area contributed by atoms with Gasteiger partial charge in [-0.25, -0.2) is 8.42 Å². The van der Waals surface area contributed by atoms with E-state index in [-0.39, 0.29) is 5.75 Å². The molecule has 1 saturated heterocycles. The number of hydrogen-bond donors (Lipinski definition) is 1. The van der Waals surface area contributed by atoms with Crippen LogP contribution in [0.3, 0.4) is 0 Å². The summed E-state index contributed by atoms with van der Waals surface area (Å²) in [6.45, 7) is 11.0. The predicted octanol–water partition coefficient (Wildman–Crippen LogP) is 1.13. The average molecular weight is 276 g/mol. The van der Waals surface area contributed by atoms with Gasteiger partial charge in [0, 0.05) is 24.4 Å². The van der Waals surface area contributed by atoms with E-state index >= 15 is 0 Å². The van der Waals surface area contributed by atoms with Crippen molar-refractivity contribution >= 4 is 9.84 Å². The first-order chi connectivity index (χ1) is 8.41. The fraction of sp³-hybridized carbons (Fsp3) is 1.00. The summed E-state index contributed by atoms with van der Waals surface area (Å²) in [7, 11) is -2.84. The summed E-state index contributed by atoms with van der Waals surface area (Å²) in [6, 6.07) is 1.03. The molecule has 0 aromatic heterocycles.